The van der Waals surface area contributed by atoms with E-state index in [9.17, 15) is 20.1 Å². The van der Waals surface area contributed by atoms with Gasteiger partial charge in [0.05, 0.1) is 30.5 Å². The summed E-state index contributed by atoms with van der Waals surface area (Å²) < 4.78 is 5.76. The number of rotatable bonds is 13. The Labute approximate surface area is 167 Å². The first-order valence-corrected chi connectivity index (χ1v) is 9.98. The van der Waals surface area contributed by atoms with Crippen LogP contribution in [-0.2, 0) is 9.53 Å². The smallest absolute Gasteiger partial charge is 0.303 e. The summed E-state index contributed by atoms with van der Waals surface area (Å²) in [5.41, 5.74) is 0. The van der Waals surface area contributed by atoms with E-state index in [0.717, 1.165) is 12.8 Å². The summed E-state index contributed by atoms with van der Waals surface area (Å²) in [5, 5.41) is 38.8. The Morgan fingerprint density at radius 3 is 2.57 bits per heavy atom. The Bertz CT molecular complexity index is 551. The van der Waals surface area contributed by atoms with Crippen LogP contribution in [0.15, 0.2) is 48.6 Å². The van der Waals surface area contributed by atoms with Crippen molar-refractivity contribution in [2.75, 3.05) is 0 Å². The third-order valence-corrected chi connectivity index (χ3v) is 4.44. The monoisotopic (exact) mass is 394 g/mol. The zero-order valence-electron chi connectivity index (χ0n) is 16.6. The summed E-state index contributed by atoms with van der Waals surface area (Å²) in [5.74, 6) is -0.853. The fraction of sp³-hybridized carbons (Fsp3) is 0.591. The van der Waals surface area contributed by atoms with E-state index in [1.165, 1.54) is 12.2 Å². The molecular formula is C22H34O6. The summed E-state index contributed by atoms with van der Waals surface area (Å²) in [6, 6.07) is 0. The van der Waals surface area contributed by atoms with Crippen molar-refractivity contribution in [2.24, 2.45) is 0 Å². The molecule has 158 valence electrons. The molecule has 0 bridgehead atoms. The van der Waals surface area contributed by atoms with Gasteiger partial charge in [0.1, 0.15) is 0 Å². The number of hydrogen-bond donors (Lipinski definition) is 4. The molecule has 0 unspecified atom stereocenters. The van der Waals surface area contributed by atoms with Gasteiger partial charge in [0.2, 0.25) is 0 Å². The van der Waals surface area contributed by atoms with Crippen LogP contribution in [0.25, 0.3) is 0 Å². The minimum atomic E-state index is -0.901. The Hall–Kier alpha value is -1.73. The van der Waals surface area contributed by atoms with Crippen molar-refractivity contribution < 1.29 is 30.0 Å². The molecule has 4 N–H and O–H groups in total. The maximum Gasteiger partial charge on any atom is 0.303 e. The fourth-order valence-corrected chi connectivity index (χ4v) is 2.87. The lowest BCUT2D eigenvalue weighted by atomic mass is 10.0. The third kappa shape index (κ3) is 10.6. The van der Waals surface area contributed by atoms with Gasteiger partial charge in [0.15, 0.2) is 0 Å². The Morgan fingerprint density at radius 2 is 1.86 bits per heavy atom. The second kappa shape index (κ2) is 14.3. The molecule has 5 atom stereocenters. The topological polar surface area (TPSA) is 107 Å². The van der Waals surface area contributed by atoms with Gasteiger partial charge in [-0.1, -0.05) is 55.5 Å². The van der Waals surface area contributed by atoms with Crippen molar-refractivity contribution in [3.05, 3.63) is 48.6 Å². The number of carboxylic acids is 1. The van der Waals surface area contributed by atoms with Gasteiger partial charge in [-0.05, 0) is 32.1 Å². The molecule has 1 heterocycles. The van der Waals surface area contributed by atoms with Crippen LogP contribution in [0.5, 0.6) is 0 Å². The highest BCUT2D eigenvalue weighted by Gasteiger charge is 2.36. The second-order valence-electron chi connectivity index (χ2n) is 6.92. The van der Waals surface area contributed by atoms with E-state index >= 15 is 0 Å². The highest BCUT2D eigenvalue weighted by molar-refractivity contribution is 5.66. The summed E-state index contributed by atoms with van der Waals surface area (Å²) in [7, 11) is 0. The first kappa shape index (κ1) is 24.3. The van der Waals surface area contributed by atoms with E-state index in [2.05, 4.69) is 19.1 Å². The van der Waals surface area contributed by atoms with Gasteiger partial charge in [-0.15, -0.1) is 0 Å². The maximum absolute atomic E-state index is 10.4. The number of hydrogen-bond acceptors (Lipinski definition) is 5. The molecule has 0 aromatic carbocycles. The van der Waals surface area contributed by atoms with Gasteiger partial charge in [0, 0.05) is 12.8 Å². The summed E-state index contributed by atoms with van der Waals surface area (Å²) in [6.07, 6.45) is 15.2. The minimum absolute atomic E-state index is 0.0638. The van der Waals surface area contributed by atoms with E-state index in [1.54, 1.807) is 12.2 Å². The standard InChI is InChI=1S/C22H34O6/c1-2-3-4-5-6-9-12-20-19(25)16-21(28-20)18(24)15-14-17(23)11-8-7-10-13-22(26)27/h3-4,6-9,14-15,17-21,23-25H,2,5,10-13,16H2,1H3,(H,26,27)/b4-3-,8-7-,9-6-,15-14+/t17-,18-,19-,20+,21+/m0/s1. The third-order valence-electron chi connectivity index (χ3n) is 4.44. The van der Waals surface area contributed by atoms with Crippen molar-refractivity contribution in [3.63, 3.8) is 0 Å². The number of carboxylic acid groups (broad SMARTS) is 1. The van der Waals surface area contributed by atoms with Crippen LogP contribution in [-0.4, -0.2) is 56.9 Å². The van der Waals surface area contributed by atoms with Gasteiger partial charge >= 0.3 is 5.97 Å². The van der Waals surface area contributed by atoms with Crippen molar-refractivity contribution >= 4 is 5.97 Å². The molecule has 0 aromatic heterocycles. The lowest BCUT2D eigenvalue weighted by Crippen LogP contribution is -2.24. The molecular weight excluding hydrogens is 360 g/mol. The van der Waals surface area contributed by atoms with Crippen molar-refractivity contribution in [1.82, 2.24) is 0 Å². The summed E-state index contributed by atoms with van der Waals surface area (Å²) in [6.45, 7) is 2.08. The number of aliphatic carboxylic acids is 1. The number of allylic oxidation sites excluding steroid dienone is 4. The lowest BCUT2D eigenvalue weighted by Gasteiger charge is -2.16. The van der Waals surface area contributed by atoms with Gasteiger partial charge in [-0.3, -0.25) is 4.79 Å². The molecule has 0 aliphatic carbocycles. The molecule has 1 fully saturated rings. The van der Waals surface area contributed by atoms with Gasteiger partial charge in [-0.25, -0.2) is 0 Å². The maximum atomic E-state index is 10.4. The molecule has 1 aliphatic heterocycles. The van der Waals surface area contributed by atoms with Crippen LogP contribution in [0.1, 0.15) is 51.9 Å². The number of aliphatic hydroxyl groups excluding tert-OH is 3. The van der Waals surface area contributed by atoms with Crippen LogP contribution < -0.4 is 0 Å². The first-order chi connectivity index (χ1) is 13.4. The van der Waals surface area contributed by atoms with Crippen LogP contribution in [0, 0.1) is 0 Å². The second-order valence-corrected chi connectivity index (χ2v) is 6.92. The van der Waals surface area contributed by atoms with Crippen molar-refractivity contribution in [2.45, 2.75) is 82.4 Å². The largest absolute Gasteiger partial charge is 0.481 e. The average Bonchev–Trinajstić information content (AvgIpc) is 3.03. The molecule has 0 spiro atoms. The normalized spacial score (nSPS) is 25.5. The fourth-order valence-electron chi connectivity index (χ4n) is 2.87. The number of ether oxygens (including phenoxy) is 1. The molecule has 0 radical (unpaired) electrons. The van der Waals surface area contributed by atoms with E-state index in [-0.39, 0.29) is 12.5 Å². The van der Waals surface area contributed by atoms with E-state index < -0.39 is 30.4 Å². The molecule has 0 aromatic rings. The minimum Gasteiger partial charge on any atom is -0.481 e. The predicted molar refractivity (Wildman–Crippen MR) is 109 cm³/mol. The molecule has 1 saturated heterocycles. The molecule has 6 nitrogen and oxygen atoms in total. The van der Waals surface area contributed by atoms with Gasteiger partial charge in [-0.2, -0.15) is 0 Å². The van der Waals surface area contributed by atoms with E-state index in [4.69, 9.17) is 9.84 Å². The molecule has 0 saturated carbocycles. The molecule has 1 rings (SSSR count). The highest BCUT2D eigenvalue weighted by atomic mass is 16.5. The van der Waals surface area contributed by atoms with Gasteiger partial charge in [0.25, 0.3) is 0 Å². The Morgan fingerprint density at radius 1 is 1.11 bits per heavy atom. The van der Waals surface area contributed by atoms with E-state index in [1.807, 2.05) is 12.2 Å². The van der Waals surface area contributed by atoms with Crippen LogP contribution in [0.2, 0.25) is 0 Å². The van der Waals surface area contributed by atoms with Crippen LogP contribution >= 0.6 is 0 Å². The first-order valence-electron chi connectivity index (χ1n) is 9.98. The summed E-state index contributed by atoms with van der Waals surface area (Å²) >= 11 is 0. The molecule has 6 heteroatoms. The zero-order chi connectivity index (χ0) is 20.8. The van der Waals surface area contributed by atoms with E-state index in [0.29, 0.717) is 25.7 Å². The zero-order valence-corrected chi connectivity index (χ0v) is 16.6. The summed E-state index contributed by atoms with van der Waals surface area (Å²) in [4.78, 5) is 10.4. The number of carbonyl (C=O) groups is 1. The van der Waals surface area contributed by atoms with Gasteiger partial charge < -0.3 is 25.2 Å². The Kier molecular flexibility index (Phi) is 12.4. The van der Waals surface area contributed by atoms with Crippen molar-refractivity contribution in [3.8, 4) is 0 Å². The lowest BCUT2D eigenvalue weighted by molar-refractivity contribution is -0.136. The Balaban J connectivity index is 2.33. The predicted octanol–water partition coefficient (Wildman–Crippen LogP) is 2.90. The molecule has 1 aliphatic rings. The molecule has 28 heavy (non-hydrogen) atoms. The number of aliphatic hydroxyl groups is 3. The quantitative estimate of drug-likeness (QED) is 0.358. The average molecular weight is 395 g/mol. The SMILES string of the molecule is CC/C=C\C/C=C\C[C@H]1O[C@@H]([C@@H](O)/C=C/[C@@H](O)C/C=C\CCC(=O)O)C[C@@H]1O. The van der Waals surface area contributed by atoms with Crippen molar-refractivity contribution in [1.29, 1.82) is 0 Å². The highest BCUT2D eigenvalue weighted by Crippen LogP contribution is 2.26. The van der Waals surface area contributed by atoms with Crippen LogP contribution in [0.3, 0.4) is 0 Å². The van der Waals surface area contributed by atoms with Crippen LogP contribution in [0.4, 0.5) is 0 Å². The molecule has 0 amide bonds.